The number of hydrogen-bond acceptors (Lipinski definition) is 4. The molecule has 0 aromatic heterocycles. The first-order valence-electron chi connectivity index (χ1n) is 7.36. The molecule has 0 atom stereocenters. The van der Waals surface area contributed by atoms with Crippen molar-refractivity contribution in [2.45, 2.75) is 19.6 Å². The summed E-state index contributed by atoms with van der Waals surface area (Å²) in [6.45, 7) is 2.13. The first kappa shape index (κ1) is 14.4. The van der Waals surface area contributed by atoms with Gasteiger partial charge in [-0.2, -0.15) is 0 Å². The SMILES string of the molecule is O=C(NNc1ccc2c(c1)CNCC2)OCc1ccccc1. The van der Waals surface area contributed by atoms with Gasteiger partial charge in [0.05, 0.1) is 5.69 Å². The van der Waals surface area contributed by atoms with Gasteiger partial charge in [-0.3, -0.25) is 5.43 Å². The Morgan fingerprint density at radius 1 is 1.14 bits per heavy atom. The van der Waals surface area contributed by atoms with Crippen LogP contribution in [0.5, 0.6) is 0 Å². The van der Waals surface area contributed by atoms with Crippen LogP contribution in [0.2, 0.25) is 0 Å². The molecule has 0 unspecified atom stereocenters. The van der Waals surface area contributed by atoms with Gasteiger partial charge in [0.1, 0.15) is 6.61 Å². The molecule has 3 rings (SSSR count). The van der Waals surface area contributed by atoms with Crippen LogP contribution in [0.15, 0.2) is 48.5 Å². The van der Waals surface area contributed by atoms with Crippen molar-refractivity contribution in [1.82, 2.24) is 10.7 Å². The number of hydrazine groups is 1. The fourth-order valence-corrected chi connectivity index (χ4v) is 2.44. The first-order valence-corrected chi connectivity index (χ1v) is 7.36. The summed E-state index contributed by atoms with van der Waals surface area (Å²) < 4.78 is 5.14. The third-order valence-corrected chi connectivity index (χ3v) is 3.61. The summed E-state index contributed by atoms with van der Waals surface area (Å²) in [4.78, 5) is 11.7. The van der Waals surface area contributed by atoms with E-state index in [4.69, 9.17) is 4.74 Å². The Kier molecular flexibility index (Phi) is 4.56. The topological polar surface area (TPSA) is 62.4 Å². The van der Waals surface area contributed by atoms with Crippen molar-refractivity contribution < 1.29 is 9.53 Å². The molecule has 5 heteroatoms. The number of carbonyl (C=O) groups excluding carboxylic acids is 1. The van der Waals surface area contributed by atoms with Crippen LogP contribution in [0.4, 0.5) is 10.5 Å². The van der Waals surface area contributed by atoms with E-state index in [0.717, 1.165) is 30.8 Å². The van der Waals surface area contributed by atoms with Crippen LogP contribution in [-0.2, 0) is 24.3 Å². The summed E-state index contributed by atoms with van der Waals surface area (Å²) in [5.74, 6) is 0. The summed E-state index contributed by atoms with van der Waals surface area (Å²) in [7, 11) is 0. The van der Waals surface area contributed by atoms with Gasteiger partial charge in [-0.25, -0.2) is 10.2 Å². The van der Waals surface area contributed by atoms with Gasteiger partial charge in [0.15, 0.2) is 0 Å². The maximum absolute atomic E-state index is 11.7. The molecule has 1 amide bonds. The van der Waals surface area contributed by atoms with Gasteiger partial charge < -0.3 is 10.1 Å². The second-order valence-corrected chi connectivity index (χ2v) is 5.22. The van der Waals surface area contributed by atoms with E-state index < -0.39 is 6.09 Å². The lowest BCUT2D eigenvalue weighted by Gasteiger charge is -2.18. The minimum absolute atomic E-state index is 0.252. The molecule has 0 spiro atoms. The van der Waals surface area contributed by atoms with Crippen molar-refractivity contribution in [2.24, 2.45) is 0 Å². The van der Waals surface area contributed by atoms with E-state index in [0.29, 0.717) is 0 Å². The molecule has 1 aliphatic rings. The highest BCUT2D eigenvalue weighted by atomic mass is 16.6. The number of carbonyl (C=O) groups is 1. The van der Waals surface area contributed by atoms with Crippen LogP contribution in [-0.4, -0.2) is 12.6 Å². The lowest BCUT2D eigenvalue weighted by atomic mass is 10.0. The molecule has 1 aliphatic heterocycles. The predicted octanol–water partition coefficient (Wildman–Crippen LogP) is 2.59. The van der Waals surface area contributed by atoms with Crippen molar-refractivity contribution in [3.8, 4) is 0 Å². The summed E-state index contributed by atoms with van der Waals surface area (Å²) in [6, 6.07) is 15.7. The van der Waals surface area contributed by atoms with E-state index in [9.17, 15) is 4.79 Å². The van der Waals surface area contributed by atoms with Gasteiger partial charge in [0.25, 0.3) is 0 Å². The number of nitrogens with one attached hydrogen (secondary N) is 3. The number of anilines is 1. The highest BCUT2D eigenvalue weighted by Gasteiger charge is 2.09. The van der Waals surface area contributed by atoms with Crippen LogP contribution in [0, 0.1) is 0 Å². The predicted molar refractivity (Wildman–Crippen MR) is 85.2 cm³/mol. The van der Waals surface area contributed by atoms with E-state index in [-0.39, 0.29) is 6.61 Å². The third-order valence-electron chi connectivity index (χ3n) is 3.61. The van der Waals surface area contributed by atoms with Crippen LogP contribution in [0.3, 0.4) is 0 Å². The van der Waals surface area contributed by atoms with Crippen molar-refractivity contribution in [1.29, 1.82) is 0 Å². The second kappa shape index (κ2) is 6.95. The number of ether oxygens (including phenoxy) is 1. The van der Waals surface area contributed by atoms with E-state index in [1.807, 2.05) is 42.5 Å². The summed E-state index contributed by atoms with van der Waals surface area (Å²) in [5, 5.41) is 3.33. The van der Waals surface area contributed by atoms with E-state index in [1.54, 1.807) is 0 Å². The Morgan fingerprint density at radius 2 is 2.00 bits per heavy atom. The van der Waals surface area contributed by atoms with Crippen molar-refractivity contribution >= 4 is 11.8 Å². The Morgan fingerprint density at radius 3 is 2.86 bits per heavy atom. The van der Waals surface area contributed by atoms with Crippen molar-refractivity contribution in [3.63, 3.8) is 0 Å². The molecule has 0 fully saturated rings. The molecule has 22 heavy (non-hydrogen) atoms. The Hall–Kier alpha value is -2.53. The van der Waals surface area contributed by atoms with Gasteiger partial charge in [-0.15, -0.1) is 0 Å². The lowest BCUT2D eigenvalue weighted by molar-refractivity contribution is 0.142. The number of benzene rings is 2. The molecule has 0 radical (unpaired) electrons. The fraction of sp³-hybridized carbons (Fsp3) is 0.235. The summed E-state index contributed by atoms with van der Waals surface area (Å²) in [5.41, 5.74) is 9.84. The molecular formula is C17H19N3O2. The van der Waals surface area contributed by atoms with E-state index >= 15 is 0 Å². The van der Waals surface area contributed by atoms with Gasteiger partial charge >= 0.3 is 6.09 Å². The Labute approximate surface area is 129 Å². The zero-order valence-corrected chi connectivity index (χ0v) is 12.3. The molecule has 0 saturated heterocycles. The average Bonchev–Trinajstić information content (AvgIpc) is 2.59. The van der Waals surface area contributed by atoms with Crippen LogP contribution >= 0.6 is 0 Å². The molecule has 2 aromatic carbocycles. The molecule has 5 nitrogen and oxygen atoms in total. The lowest BCUT2D eigenvalue weighted by Crippen LogP contribution is -2.30. The quantitative estimate of drug-likeness (QED) is 0.759. The van der Waals surface area contributed by atoms with Gasteiger partial charge in [-0.1, -0.05) is 36.4 Å². The van der Waals surface area contributed by atoms with Crippen LogP contribution < -0.4 is 16.2 Å². The fourth-order valence-electron chi connectivity index (χ4n) is 2.44. The minimum Gasteiger partial charge on any atom is -0.443 e. The zero-order valence-electron chi connectivity index (χ0n) is 12.3. The van der Waals surface area contributed by atoms with Crippen LogP contribution in [0.25, 0.3) is 0 Å². The normalized spacial score (nSPS) is 13.1. The standard InChI is InChI=1S/C17H19N3O2/c21-17(22-12-13-4-2-1-3-5-13)20-19-16-7-6-14-8-9-18-11-15(14)10-16/h1-7,10,18-19H,8-9,11-12H2,(H,20,21). The third kappa shape index (κ3) is 3.77. The van der Waals surface area contributed by atoms with Gasteiger partial charge in [-0.05, 0) is 41.8 Å². The van der Waals surface area contributed by atoms with Gasteiger partial charge in [0, 0.05) is 6.54 Å². The first-order chi connectivity index (χ1) is 10.8. The van der Waals surface area contributed by atoms with Crippen molar-refractivity contribution in [2.75, 3.05) is 12.0 Å². The Balaban J connectivity index is 1.48. The molecular weight excluding hydrogens is 278 g/mol. The summed E-state index contributed by atoms with van der Waals surface area (Å²) >= 11 is 0. The largest absolute Gasteiger partial charge is 0.443 e. The maximum atomic E-state index is 11.7. The minimum atomic E-state index is -0.500. The highest BCUT2D eigenvalue weighted by molar-refractivity contribution is 5.69. The van der Waals surface area contributed by atoms with E-state index in [1.165, 1.54) is 11.1 Å². The second-order valence-electron chi connectivity index (χ2n) is 5.22. The smallest absolute Gasteiger partial charge is 0.426 e. The summed E-state index contributed by atoms with van der Waals surface area (Å²) in [6.07, 6.45) is 0.544. The molecule has 0 saturated carbocycles. The number of hydrogen-bond donors (Lipinski definition) is 3. The maximum Gasteiger partial charge on any atom is 0.426 e. The number of rotatable bonds is 4. The van der Waals surface area contributed by atoms with Crippen LogP contribution in [0.1, 0.15) is 16.7 Å². The van der Waals surface area contributed by atoms with Crippen molar-refractivity contribution in [3.05, 3.63) is 65.2 Å². The molecule has 3 N–H and O–H groups in total. The Bertz CT molecular complexity index is 644. The molecule has 114 valence electrons. The molecule has 0 aliphatic carbocycles. The number of fused-ring (bicyclic) bond motifs is 1. The zero-order chi connectivity index (χ0) is 15.2. The monoisotopic (exact) mass is 297 g/mol. The average molecular weight is 297 g/mol. The van der Waals surface area contributed by atoms with Gasteiger partial charge in [0.2, 0.25) is 0 Å². The molecule has 0 bridgehead atoms. The highest BCUT2D eigenvalue weighted by Crippen LogP contribution is 2.18. The molecule has 2 aromatic rings. The number of amides is 1. The molecule has 1 heterocycles. The van der Waals surface area contributed by atoms with E-state index in [2.05, 4.69) is 22.2 Å².